The van der Waals surface area contributed by atoms with Crippen LogP contribution in [-0.4, -0.2) is 141 Å². The van der Waals surface area contributed by atoms with Gasteiger partial charge in [-0.15, -0.1) is 0 Å². The van der Waals surface area contributed by atoms with E-state index in [1.165, 1.54) is 44.9 Å². The van der Waals surface area contributed by atoms with Crippen molar-refractivity contribution in [2.75, 3.05) is 66.1 Å². The van der Waals surface area contributed by atoms with Gasteiger partial charge in [0.25, 0.3) is 0 Å². The molecule has 2 fully saturated rings. The lowest BCUT2D eigenvalue weighted by Crippen LogP contribution is -2.57. The Hall–Kier alpha value is -0.480. The van der Waals surface area contributed by atoms with Crippen LogP contribution >= 0.6 is 0 Å². The number of unbranched alkanes of at least 4 members (excludes halogenated alkanes) is 7. The van der Waals surface area contributed by atoms with Crippen LogP contribution in [0.2, 0.25) is 0 Å². The highest BCUT2D eigenvalue weighted by Crippen LogP contribution is 2.32. The van der Waals surface area contributed by atoms with E-state index >= 15 is 0 Å². The fourth-order valence-electron chi connectivity index (χ4n) is 5.49. The van der Waals surface area contributed by atoms with Crippen molar-refractivity contribution in [2.45, 2.75) is 141 Å². The first-order chi connectivity index (χ1) is 22.2. The van der Waals surface area contributed by atoms with E-state index in [4.69, 9.17) is 38.3 Å². The molecule has 5 N–H and O–H groups in total. The summed E-state index contributed by atoms with van der Waals surface area (Å²) in [6.45, 7) is 14.8. The first-order valence-corrected chi connectivity index (χ1v) is 17.8. The first kappa shape index (κ1) is 43.5. The van der Waals surface area contributed by atoms with Crippen molar-refractivity contribution in [1.82, 2.24) is 0 Å². The lowest BCUT2D eigenvalue weighted by molar-refractivity contribution is -0.272. The van der Waals surface area contributed by atoms with E-state index in [9.17, 15) is 20.4 Å². The summed E-state index contributed by atoms with van der Waals surface area (Å²) in [4.78, 5) is 0. The topological polar surface area (TPSA) is 166 Å². The van der Waals surface area contributed by atoms with E-state index in [1.807, 2.05) is 0 Å². The zero-order valence-corrected chi connectivity index (χ0v) is 29.3. The Kier molecular flexibility index (Phi) is 25.9. The number of hydrogen-bond acceptors (Lipinski definition) is 12. The van der Waals surface area contributed by atoms with Gasteiger partial charge in [-0.25, -0.2) is 0 Å². The lowest BCUT2D eigenvalue weighted by Gasteiger charge is -2.42. The van der Waals surface area contributed by atoms with Crippen molar-refractivity contribution in [3.05, 3.63) is 0 Å². The Morgan fingerprint density at radius 3 is 1.52 bits per heavy atom. The molecule has 10 atom stereocenters. The third-order valence-electron chi connectivity index (χ3n) is 8.84. The third kappa shape index (κ3) is 17.8. The fraction of sp³-hybridized carbons (Fsp3) is 1.00. The number of ether oxygens (including phenoxy) is 7. The normalized spacial score (nSPS) is 31.4. The minimum atomic E-state index is -1.24. The molecule has 0 amide bonds. The average molecular weight is 669 g/mol. The Morgan fingerprint density at radius 1 is 0.500 bits per heavy atom. The van der Waals surface area contributed by atoms with Crippen molar-refractivity contribution in [3.8, 4) is 0 Å². The van der Waals surface area contributed by atoms with Crippen molar-refractivity contribution in [2.24, 2.45) is 11.8 Å². The standard InChI is InChI=1S/C27H54O7.C7H14O5/c1-5-7-8-9-10-11-12-13-14-29-15-16-30-17-18-31-19-20-32-21-22-33-27-26(28)24(4)23(3)25(6-2)34-27;1-3-5(9)7(11)6(10)4(2-8)12-3/h23-28H,5-22H2,1-4H3;3-11H,2H2,1H3. The third-order valence-corrected chi connectivity index (χ3v) is 8.84. The summed E-state index contributed by atoms with van der Waals surface area (Å²) >= 11 is 0. The Bertz CT molecular complexity index is 682. The molecule has 0 aliphatic carbocycles. The Morgan fingerprint density at radius 2 is 1.00 bits per heavy atom. The molecule has 0 radical (unpaired) electrons. The Balaban J connectivity index is 0.000000733. The van der Waals surface area contributed by atoms with Crippen LogP contribution in [0.5, 0.6) is 0 Å². The molecule has 12 nitrogen and oxygen atoms in total. The number of aliphatic hydroxyl groups is 5. The molecule has 0 bridgehead atoms. The highest BCUT2D eigenvalue weighted by atomic mass is 16.7. The molecular weight excluding hydrogens is 600 g/mol. The van der Waals surface area contributed by atoms with Crippen molar-refractivity contribution in [1.29, 1.82) is 0 Å². The van der Waals surface area contributed by atoms with Crippen LogP contribution < -0.4 is 0 Å². The summed E-state index contributed by atoms with van der Waals surface area (Å²) in [6, 6.07) is 0. The van der Waals surface area contributed by atoms with Gasteiger partial charge in [0, 0.05) is 6.61 Å². The van der Waals surface area contributed by atoms with Gasteiger partial charge in [0.05, 0.1) is 71.7 Å². The monoisotopic (exact) mass is 668 g/mol. The minimum Gasteiger partial charge on any atom is -0.394 e. The minimum absolute atomic E-state index is 0.126. The Labute approximate surface area is 278 Å². The van der Waals surface area contributed by atoms with Gasteiger partial charge in [-0.3, -0.25) is 0 Å². The molecule has 2 heterocycles. The molecule has 0 aromatic rings. The van der Waals surface area contributed by atoms with Gasteiger partial charge in [-0.05, 0) is 31.6 Å². The van der Waals surface area contributed by atoms with E-state index in [2.05, 4.69) is 27.7 Å². The molecule has 46 heavy (non-hydrogen) atoms. The van der Waals surface area contributed by atoms with Gasteiger partial charge >= 0.3 is 0 Å². The van der Waals surface area contributed by atoms with Gasteiger partial charge in [-0.2, -0.15) is 0 Å². The van der Waals surface area contributed by atoms with Crippen LogP contribution in [0.3, 0.4) is 0 Å². The summed E-state index contributed by atoms with van der Waals surface area (Å²) in [5, 5.41) is 46.7. The van der Waals surface area contributed by atoms with E-state index in [0.717, 1.165) is 19.4 Å². The van der Waals surface area contributed by atoms with E-state index in [1.54, 1.807) is 6.92 Å². The maximum Gasteiger partial charge on any atom is 0.184 e. The molecule has 12 heteroatoms. The van der Waals surface area contributed by atoms with E-state index in [0.29, 0.717) is 58.8 Å². The molecule has 2 saturated heterocycles. The van der Waals surface area contributed by atoms with Crippen LogP contribution in [0.4, 0.5) is 0 Å². The molecule has 2 rings (SSSR count). The van der Waals surface area contributed by atoms with Crippen LogP contribution in [0, 0.1) is 11.8 Å². The molecule has 10 unspecified atom stereocenters. The smallest absolute Gasteiger partial charge is 0.184 e. The molecule has 276 valence electrons. The number of hydrogen-bond donors (Lipinski definition) is 5. The van der Waals surface area contributed by atoms with Crippen molar-refractivity contribution < 1.29 is 58.7 Å². The summed E-state index contributed by atoms with van der Waals surface area (Å²) in [5.41, 5.74) is 0. The summed E-state index contributed by atoms with van der Waals surface area (Å²) in [5.74, 6) is 0.478. The molecular formula is C34H68O12. The van der Waals surface area contributed by atoms with E-state index in [-0.39, 0.29) is 18.6 Å². The second-order valence-electron chi connectivity index (χ2n) is 12.5. The van der Waals surface area contributed by atoms with Crippen LogP contribution in [0.15, 0.2) is 0 Å². The largest absolute Gasteiger partial charge is 0.394 e. The molecule has 0 aromatic heterocycles. The van der Waals surface area contributed by atoms with Gasteiger partial charge in [-0.1, -0.05) is 72.6 Å². The lowest BCUT2D eigenvalue weighted by atomic mass is 9.83. The highest BCUT2D eigenvalue weighted by Gasteiger charge is 2.41. The van der Waals surface area contributed by atoms with Gasteiger partial charge in [0.1, 0.15) is 30.5 Å². The summed E-state index contributed by atoms with van der Waals surface area (Å²) in [6.07, 6.45) is 5.49. The van der Waals surface area contributed by atoms with Crippen molar-refractivity contribution in [3.63, 3.8) is 0 Å². The molecule has 0 aromatic carbocycles. The van der Waals surface area contributed by atoms with Crippen LogP contribution in [-0.2, 0) is 33.2 Å². The predicted octanol–water partition coefficient (Wildman–Crippen LogP) is 2.83. The predicted molar refractivity (Wildman–Crippen MR) is 175 cm³/mol. The number of aliphatic hydroxyl groups excluding tert-OH is 5. The molecule has 2 aliphatic rings. The molecule has 2 aliphatic heterocycles. The van der Waals surface area contributed by atoms with E-state index < -0.39 is 42.9 Å². The van der Waals surface area contributed by atoms with Gasteiger partial charge in [0.15, 0.2) is 6.29 Å². The van der Waals surface area contributed by atoms with Crippen LogP contribution in [0.1, 0.15) is 92.4 Å². The second-order valence-corrected chi connectivity index (χ2v) is 12.5. The first-order valence-electron chi connectivity index (χ1n) is 17.8. The second kappa shape index (κ2) is 27.4. The molecule has 0 spiro atoms. The molecule has 0 saturated carbocycles. The SMILES string of the molecule is CC1OC(CO)C(O)C(O)C1O.CCCCCCCCCCOCCOCCOCCOCCOC1OC(CC)C(C)C(C)C1O. The zero-order valence-electron chi connectivity index (χ0n) is 29.3. The zero-order chi connectivity index (χ0) is 34.2. The average Bonchev–Trinajstić information content (AvgIpc) is 3.06. The van der Waals surface area contributed by atoms with Crippen LogP contribution in [0.25, 0.3) is 0 Å². The van der Waals surface area contributed by atoms with Gasteiger partial charge < -0.3 is 58.7 Å². The number of rotatable bonds is 24. The maximum absolute atomic E-state index is 10.4. The summed E-state index contributed by atoms with van der Waals surface area (Å²) < 4.78 is 38.8. The van der Waals surface area contributed by atoms with Crippen molar-refractivity contribution >= 4 is 0 Å². The highest BCUT2D eigenvalue weighted by molar-refractivity contribution is 4.90. The fourth-order valence-corrected chi connectivity index (χ4v) is 5.49. The van der Waals surface area contributed by atoms with Gasteiger partial charge in [0.2, 0.25) is 0 Å². The summed E-state index contributed by atoms with van der Waals surface area (Å²) in [7, 11) is 0. The maximum atomic E-state index is 10.4. The quantitative estimate of drug-likeness (QED) is 0.0957.